The van der Waals surface area contributed by atoms with E-state index in [1.165, 1.54) is 0 Å². The summed E-state index contributed by atoms with van der Waals surface area (Å²) in [6.45, 7) is 2.08. The molecule has 0 amide bonds. The van der Waals surface area contributed by atoms with E-state index in [0.717, 1.165) is 5.56 Å². The number of hydrogen-bond acceptors (Lipinski definition) is 3. The molecule has 0 aliphatic rings. The van der Waals surface area contributed by atoms with Gasteiger partial charge in [-0.25, -0.2) is 0 Å². The first-order valence-corrected chi connectivity index (χ1v) is 4.59. The predicted octanol–water partition coefficient (Wildman–Crippen LogP) is 2.02. The molecule has 3 heteroatoms. The highest BCUT2D eigenvalue weighted by Crippen LogP contribution is 2.27. The van der Waals surface area contributed by atoms with Crippen molar-refractivity contribution in [1.29, 1.82) is 0 Å². The second-order valence-corrected chi connectivity index (χ2v) is 3.60. The molecule has 0 aromatic heterocycles. The van der Waals surface area contributed by atoms with Gasteiger partial charge >= 0.3 is 0 Å². The normalized spacial score (nSPS) is 12.9. The van der Waals surface area contributed by atoms with Crippen LogP contribution in [-0.4, -0.2) is 31.2 Å². The first-order chi connectivity index (χ1) is 6.54. The van der Waals surface area contributed by atoms with Crippen LogP contribution < -0.4 is 4.74 Å². The molecular weight excluding hydrogens is 178 g/mol. The van der Waals surface area contributed by atoms with Gasteiger partial charge in [-0.2, -0.15) is 0 Å². The molecule has 1 unspecified atom stereocenters. The highest BCUT2D eigenvalue weighted by atomic mass is 16.5. The minimum absolute atomic E-state index is 0.244. The first kappa shape index (κ1) is 10.9. The molecule has 1 atom stereocenters. The van der Waals surface area contributed by atoms with Crippen molar-refractivity contribution in [2.24, 2.45) is 0 Å². The molecule has 0 radical (unpaired) electrons. The van der Waals surface area contributed by atoms with Gasteiger partial charge in [-0.3, -0.25) is 0 Å². The second kappa shape index (κ2) is 4.33. The fourth-order valence-electron chi connectivity index (χ4n) is 1.26. The van der Waals surface area contributed by atoms with Crippen LogP contribution in [0.25, 0.3) is 0 Å². The minimum atomic E-state index is 0.244. The molecule has 78 valence electrons. The largest absolute Gasteiger partial charge is 0.508 e. The molecular formula is C11H17NO2. The quantitative estimate of drug-likeness (QED) is 0.801. The lowest BCUT2D eigenvalue weighted by Gasteiger charge is -2.20. The van der Waals surface area contributed by atoms with Crippen LogP contribution in [0.3, 0.4) is 0 Å². The van der Waals surface area contributed by atoms with Gasteiger partial charge in [0.2, 0.25) is 0 Å². The summed E-state index contributed by atoms with van der Waals surface area (Å²) in [5, 5.41) is 9.46. The van der Waals surface area contributed by atoms with E-state index >= 15 is 0 Å². The van der Waals surface area contributed by atoms with E-state index < -0.39 is 0 Å². The van der Waals surface area contributed by atoms with Gasteiger partial charge in [-0.1, -0.05) is 0 Å². The Bertz CT molecular complexity index is 310. The Labute approximate surface area is 84.9 Å². The average molecular weight is 195 g/mol. The molecule has 0 saturated carbocycles. The van der Waals surface area contributed by atoms with E-state index in [-0.39, 0.29) is 11.8 Å². The van der Waals surface area contributed by atoms with Crippen molar-refractivity contribution in [2.45, 2.75) is 13.0 Å². The Balaban J connectivity index is 3.02. The molecule has 0 heterocycles. The van der Waals surface area contributed by atoms with Gasteiger partial charge in [-0.15, -0.1) is 0 Å². The van der Waals surface area contributed by atoms with Crippen molar-refractivity contribution >= 4 is 0 Å². The number of ether oxygens (including phenoxy) is 1. The van der Waals surface area contributed by atoms with Crippen LogP contribution in [0.4, 0.5) is 0 Å². The fourth-order valence-corrected chi connectivity index (χ4v) is 1.26. The summed E-state index contributed by atoms with van der Waals surface area (Å²) in [5.41, 5.74) is 1.05. The zero-order valence-electron chi connectivity index (χ0n) is 9.11. The number of phenols is 1. The number of nitrogens with zero attached hydrogens (tertiary/aromatic N) is 1. The Morgan fingerprint density at radius 1 is 1.29 bits per heavy atom. The van der Waals surface area contributed by atoms with Crippen LogP contribution in [0, 0.1) is 0 Å². The van der Waals surface area contributed by atoms with Gasteiger partial charge in [-0.05, 0) is 38.7 Å². The van der Waals surface area contributed by atoms with E-state index in [1.807, 2.05) is 20.2 Å². The fraction of sp³-hybridized carbons (Fsp3) is 0.455. The summed E-state index contributed by atoms with van der Waals surface area (Å²) in [6, 6.07) is 5.56. The SMILES string of the molecule is COc1cc(O)cc(C(C)N(C)C)c1. The lowest BCUT2D eigenvalue weighted by atomic mass is 10.1. The van der Waals surface area contributed by atoms with E-state index in [0.29, 0.717) is 5.75 Å². The van der Waals surface area contributed by atoms with Crippen LogP contribution >= 0.6 is 0 Å². The number of benzene rings is 1. The van der Waals surface area contributed by atoms with Crippen molar-refractivity contribution in [2.75, 3.05) is 21.2 Å². The smallest absolute Gasteiger partial charge is 0.122 e. The number of rotatable bonds is 3. The number of phenolic OH excluding ortho intramolecular Hbond substituents is 1. The van der Waals surface area contributed by atoms with E-state index in [2.05, 4.69) is 11.8 Å². The van der Waals surface area contributed by atoms with Gasteiger partial charge in [0.05, 0.1) is 7.11 Å². The summed E-state index contributed by atoms with van der Waals surface area (Å²) in [6.07, 6.45) is 0. The van der Waals surface area contributed by atoms with E-state index in [1.54, 1.807) is 19.2 Å². The molecule has 14 heavy (non-hydrogen) atoms. The summed E-state index contributed by atoms with van der Waals surface area (Å²) in [4.78, 5) is 2.08. The Morgan fingerprint density at radius 2 is 1.93 bits per heavy atom. The maximum Gasteiger partial charge on any atom is 0.122 e. The molecule has 0 aliphatic carbocycles. The molecule has 0 saturated heterocycles. The number of hydrogen-bond donors (Lipinski definition) is 1. The molecule has 3 nitrogen and oxygen atoms in total. The Kier molecular flexibility index (Phi) is 3.36. The van der Waals surface area contributed by atoms with Crippen LogP contribution in [0.15, 0.2) is 18.2 Å². The molecule has 1 aromatic carbocycles. The molecule has 0 bridgehead atoms. The summed E-state index contributed by atoms with van der Waals surface area (Å²) >= 11 is 0. The topological polar surface area (TPSA) is 32.7 Å². The van der Waals surface area contributed by atoms with Crippen molar-refractivity contribution in [3.05, 3.63) is 23.8 Å². The van der Waals surface area contributed by atoms with Crippen LogP contribution in [-0.2, 0) is 0 Å². The molecule has 1 aromatic rings. The van der Waals surface area contributed by atoms with Crippen molar-refractivity contribution in [1.82, 2.24) is 4.90 Å². The third kappa shape index (κ3) is 2.39. The van der Waals surface area contributed by atoms with Gasteiger partial charge in [0.1, 0.15) is 11.5 Å². The maximum atomic E-state index is 9.46. The number of aromatic hydroxyl groups is 1. The Hall–Kier alpha value is -1.22. The van der Waals surface area contributed by atoms with Gasteiger partial charge in [0.25, 0.3) is 0 Å². The maximum absolute atomic E-state index is 9.46. The van der Waals surface area contributed by atoms with E-state index in [9.17, 15) is 5.11 Å². The van der Waals surface area contributed by atoms with Gasteiger partial charge < -0.3 is 14.7 Å². The third-order valence-electron chi connectivity index (χ3n) is 2.41. The summed E-state index contributed by atoms with van der Waals surface area (Å²) < 4.78 is 5.09. The predicted molar refractivity (Wildman–Crippen MR) is 56.8 cm³/mol. The van der Waals surface area contributed by atoms with Crippen molar-refractivity contribution in [3.8, 4) is 11.5 Å². The van der Waals surface area contributed by atoms with E-state index in [4.69, 9.17) is 4.74 Å². The van der Waals surface area contributed by atoms with Crippen LogP contribution in [0.1, 0.15) is 18.5 Å². The highest BCUT2D eigenvalue weighted by Gasteiger charge is 2.09. The first-order valence-electron chi connectivity index (χ1n) is 4.59. The summed E-state index contributed by atoms with van der Waals surface area (Å²) in [5.74, 6) is 0.932. The average Bonchev–Trinajstić information content (AvgIpc) is 2.15. The van der Waals surface area contributed by atoms with Crippen LogP contribution in [0.2, 0.25) is 0 Å². The van der Waals surface area contributed by atoms with Gasteiger partial charge in [0, 0.05) is 12.1 Å². The lowest BCUT2D eigenvalue weighted by molar-refractivity contribution is 0.318. The zero-order chi connectivity index (χ0) is 10.7. The molecule has 0 aliphatic heterocycles. The third-order valence-corrected chi connectivity index (χ3v) is 2.41. The molecule has 1 rings (SSSR count). The minimum Gasteiger partial charge on any atom is -0.508 e. The lowest BCUT2D eigenvalue weighted by Crippen LogP contribution is -2.16. The van der Waals surface area contributed by atoms with Gasteiger partial charge in [0.15, 0.2) is 0 Å². The van der Waals surface area contributed by atoms with Crippen LogP contribution in [0.5, 0.6) is 11.5 Å². The molecule has 0 spiro atoms. The van der Waals surface area contributed by atoms with Crippen molar-refractivity contribution < 1.29 is 9.84 Å². The van der Waals surface area contributed by atoms with Crippen molar-refractivity contribution in [3.63, 3.8) is 0 Å². The second-order valence-electron chi connectivity index (χ2n) is 3.60. The highest BCUT2D eigenvalue weighted by molar-refractivity contribution is 5.38. The zero-order valence-corrected chi connectivity index (χ0v) is 9.11. The Morgan fingerprint density at radius 3 is 2.43 bits per heavy atom. The standard InChI is InChI=1S/C11H17NO2/c1-8(12(2)3)9-5-10(13)7-11(6-9)14-4/h5-8,13H,1-4H3. The summed E-state index contributed by atoms with van der Waals surface area (Å²) in [7, 11) is 5.60. The molecule has 0 fully saturated rings. The monoisotopic (exact) mass is 195 g/mol. The number of methoxy groups -OCH3 is 1. The molecule has 1 N–H and O–H groups in total.